The zero-order valence-electron chi connectivity index (χ0n) is 17.6. The fourth-order valence-corrected chi connectivity index (χ4v) is 3.71. The van der Waals surface area contributed by atoms with Crippen molar-refractivity contribution in [3.8, 4) is 5.75 Å². The Hall–Kier alpha value is -3.31. The van der Waals surface area contributed by atoms with Crippen molar-refractivity contribution < 1.29 is 9.53 Å². The van der Waals surface area contributed by atoms with Crippen LogP contribution < -0.4 is 10.1 Å². The number of nitrogens with zero attached hydrogens (tertiary/aromatic N) is 2. The van der Waals surface area contributed by atoms with E-state index in [0.717, 1.165) is 28.2 Å². The van der Waals surface area contributed by atoms with E-state index in [1.54, 1.807) is 24.3 Å². The van der Waals surface area contributed by atoms with Crippen molar-refractivity contribution in [2.75, 3.05) is 6.61 Å². The van der Waals surface area contributed by atoms with Gasteiger partial charge in [-0.3, -0.25) is 4.79 Å². The molecule has 6 heteroatoms. The van der Waals surface area contributed by atoms with Gasteiger partial charge in [-0.25, -0.2) is 4.98 Å². The number of hydrogen-bond donors (Lipinski definition) is 1. The Morgan fingerprint density at radius 1 is 1.06 bits per heavy atom. The van der Waals surface area contributed by atoms with E-state index in [2.05, 4.69) is 22.9 Å². The molecule has 0 radical (unpaired) electrons. The topological polar surface area (TPSA) is 56.1 Å². The van der Waals surface area contributed by atoms with Crippen LogP contribution in [0.1, 0.15) is 27.3 Å². The number of para-hydroxylation sites is 2. The van der Waals surface area contributed by atoms with Crippen LogP contribution in [0.3, 0.4) is 0 Å². The molecule has 0 saturated heterocycles. The molecule has 31 heavy (non-hydrogen) atoms. The first-order valence-electron chi connectivity index (χ1n) is 10.2. The van der Waals surface area contributed by atoms with Crippen LogP contribution in [-0.2, 0) is 13.1 Å². The number of imidazole rings is 1. The maximum atomic E-state index is 12.5. The summed E-state index contributed by atoms with van der Waals surface area (Å²) in [6, 6.07) is 20.9. The Bertz CT molecular complexity index is 1220. The number of aryl methyl sites for hydroxylation is 2. The van der Waals surface area contributed by atoms with Gasteiger partial charge in [0.1, 0.15) is 18.2 Å². The maximum Gasteiger partial charge on any atom is 0.251 e. The number of carbonyl (C=O) groups is 1. The molecule has 4 rings (SSSR count). The smallest absolute Gasteiger partial charge is 0.251 e. The fraction of sp³-hybridized carbons (Fsp3) is 0.200. The molecule has 0 aliphatic rings. The molecule has 1 aromatic heterocycles. The lowest BCUT2D eigenvalue weighted by Crippen LogP contribution is -2.25. The average molecular weight is 434 g/mol. The third-order valence-corrected chi connectivity index (χ3v) is 5.40. The monoisotopic (exact) mass is 433 g/mol. The molecule has 0 bridgehead atoms. The van der Waals surface area contributed by atoms with E-state index in [-0.39, 0.29) is 5.91 Å². The lowest BCUT2D eigenvalue weighted by atomic mass is 10.1. The summed E-state index contributed by atoms with van der Waals surface area (Å²) in [4.78, 5) is 17.2. The van der Waals surface area contributed by atoms with Gasteiger partial charge in [0.15, 0.2) is 0 Å². The molecule has 0 saturated carbocycles. The van der Waals surface area contributed by atoms with Gasteiger partial charge in [0.25, 0.3) is 5.91 Å². The highest BCUT2D eigenvalue weighted by Crippen LogP contribution is 2.20. The predicted octanol–water partition coefficient (Wildman–Crippen LogP) is 5.32. The SMILES string of the molecule is Cc1ccc(OCCn2c(CNC(=O)c3ccc(Cl)cc3)nc3ccccc32)c(C)c1. The van der Waals surface area contributed by atoms with E-state index >= 15 is 0 Å². The third-order valence-electron chi connectivity index (χ3n) is 5.15. The number of carbonyl (C=O) groups excluding carboxylic acids is 1. The van der Waals surface area contributed by atoms with E-state index in [1.807, 2.05) is 43.3 Å². The highest BCUT2D eigenvalue weighted by atomic mass is 35.5. The first-order valence-corrected chi connectivity index (χ1v) is 10.6. The van der Waals surface area contributed by atoms with Crippen molar-refractivity contribution in [3.05, 3.63) is 94.3 Å². The molecule has 0 aliphatic heterocycles. The summed E-state index contributed by atoms with van der Waals surface area (Å²) in [5, 5.41) is 3.55. The number of ether oxygens (including phenoxy) is 1. The standard InChI is InChI=1S/C25H24ClN3O2/c1-17-7-12-23(18(2)15-17)31-14-13-29-22-6-4-3-5-21(22)28-24(29)16-27-25(30)19-8-10-20(26)11-9-19/h3-12,15H,13-14,16H2,1-2H3,(H,27,30). The molecule has 0 spiro atoms. The van der Waals surface area contributed by atoms with Gasteiger partial charge in [0.2, 0.25) is 0 Å². The summed E-state index contributed by atoms with van der Waals surface area (Å²) in [7, 11) is 0. The van der Waals surface area contributed by atoms with Crippen LogP contribution in [0.4, 0.5) is 0 Å². The maximum absolute atomic E-state index is 12.5. The molecule has 0 atom stereocenters. The number of nitrogens with one attached hydrogen (secondary N) is 1. The Labute approximate surface area is 186 Å². The highest BCUT2D eigenvalue weighted by Gasteiger charge is 2.13. The van der Waals surface area contributed by atoms with Gasteiger partial charge >= 0.3 is 0 Å². The molecular formula is C25H24ClN3O2. The van der Waals surface area contributed by atoms with E-state index in [0.29, 0.717) is 30.3 Å². The lowest BCUT2D eigenvalue weighted by molar-refractivity contribution is 0.0949. The first-order chi connectivity index (χ1) is 15.0. The van der Waals surface area contributed by atoms with E-state index in [4.69, 9.17) is 21.3 Å². The molecular weight excluding hydrogens is 410 g/mol. The highest BCUT2D eigenvalue weighted by molar-refractivity contribution is 6.30. The van der Waals surface area contributed by atoms with Gasteiger partial charge in [-0.1, -0.05) is 41.4 Å². The van der Waals surface area contributed by atoms with Crippen LogP contribution in [0.2, 0.25) is 5.02 Å². The molecule has 1 N–H and O–H groups in total. The number of aromatic nitrogens is 2. The zero-order chi connectivity index (χ0) is 21.8. The molecule has 0 aliphatic carbocycles. The zero-order valence-corrected chi connectivity index (χ0v) is 18.3. The first kappa shape index (κ1) is 20.9. The molecule has 1 amide bonds. The Morgan fingerprint density at radius 2 is 1.84 bits per heavy atom. The number of rotatable bonds is 7. The molecule has 3 aromatic carbocycles. The Morgan fingerprint density at radius 3 is 2.61 bits per heavy atom. The second kappa shape index (κ2) is 9.23. The fourth-order valence-electron chi connectivity index (χ4n) is 3.58. The molecule has 158 valence electrons. The van der Waals surface area contributed by atoms with Crippen LogP contribution in [0.25, 0.3) is 11.0 Å². The summed E-state index contributed by atoms with van der Waals surface area (Å²) >= 11 is 5.91. The minimum absolute atomic E-state index is 0.165. The summed E-state index contributed by atoms with van der Waals surface area (Å²) in [6.07, 6.45) is 0. The molecule has 0 fully saturated rings. The summed E-state index contributed by atoms with van der Waals surface area (Å²) in [6.45, 7) is 5.56. The van der Waals surface area contributed by atoms with Crippen LogP contribution in [0, 0.1) is 13.8 Å². The van der Waals surface area contributed by atoms with Crippen molar-refractivity contribution in [2.45, 2.75) is 26.9 Å². The predicted molar refractivity (Wildman–Crippen MR) is 124 cm³/mol. The summed E-state index contributed by atoms with van der Waals surface area (Å²) in [5.41, 5.74) is 4.80. The van der Waals surface area contributed by atoms with Gasteiger partial charge in [0, 0.05) is 10.6 Å². The quantitative estimate of drug-likeness (QED) is 0.429. The average Bonchev–Trinajstić information content (AvgIpc) is 3.11. The molecule has 5 nitrogen and oxygen atoms in total. The van der Waals surface area contributed by atoms with Crippen molar-refractivity contribution in [1.82, 2.24) is 14.9 Å². The summed E-state index contributed by atoms with van der Waals surface area (Å²) in [5.74, 6) is 1.50. The second-order valence-electron chi connectivity index (χ2n) is 7.48. The lowest BCUT2D eigenvalue weighted by Gasteiger charge is -2.13. The van der Waals surface area contributed by atoms with Gasteiger partial charge in [-0.05, 0) is 61.9 Å². The molecule has 0 unspecified atom stereocenters. The summed E-state index contributed by atoms with van der Waals surface area (Å²) < 4.78 is 8.12. The molecule has 4 aromatic rings. The number of fused-ring (bicyclic) bond motifs is 1. The van der Waals surface area contributed by atoms with E-state index in [1.165, 1.54) is 5.56 Å². The number of halogens is 1. The van der Waals surface area contributed by atoms with Crippen LogP contribution in [0.15, 0.2) is 66.7 Å². The Kier molecular flexibility index (Phi) is 6.23. The second-order valence-corrected chi connectivity index (χ2v) is 7.91. The van der Waals surface area contributed by atoms with Crippen LogP contribution in [0.5, 0.6) is 5.75 Å². The van der Waals surface area contributed by atoms with Gasteiger partial charge in [0.05, 0.1) is 24.1 Å². The van der Waals surface area contributed by atoms with Crippen LogP contribution in [-0.4, -0.2) is 22.1 Å². The van der Waals surface area contributed by atoms with Gasteiger partial charge < -0.3 is 14.6 Å². The third kappa shape index (κ3) is 4.89. The van der Waals surface area contributed by atoms with Gasteiger partial charge in [-0.15, -0.1) is 0 Å². The van der Waals surface area contributed by atoms with Gasteiger partial charge in [-0.2, -0.15) is 0 Å². The Balaban J connectivity index is 1.48. The number of benzene rings is 3. The minimum Gasteiger partial charge on any atom is -0.491 e. The largest absolute Gasteiger partial charge is 0.491 e. The number of amides is 1. The van der Waals surface area contributed by atoms with Crippen molar-refractivity contribution in [3.63, 3.8) is 0 Å². The van der Waals surface area contributed by atoms with E-state index < -0.39 is 0 Å². The van der Waals surface area contributed by atoms with Crippen molar-refractivity contribution >= 4 is 28.5 Å². The molecule has 1 heterocycles. The van der Waals surface area contributed by atoms with Crippen molar-refractivity contribution in [2.24, 2.45) is 0 Å². The number of hydrogen-bond acceptors (Lipinski definition) is 3. The normalized spacial score (nSPS) is 10.9. The minimum atomic E-state index is -0.165. The van der Waals surface area contributed by atoms with Crippen LogP contribution >= 0.6 is 11.6 Å². The van der Waals surface area contributed by atoms with E-state index in [9.17, 15) is 4.79 Å². The van der Waals surface area contributed by atoms with Crippen molar-refractivity contribution in [1.29, 1.82) is 0 Å².